The smallest absolute Gasteiger partial charge is 0.322 e. The van der Waals surface area contributed by atoms with Gasteiger partial charge in [0.15, 0.2) is 0 Å². The van der Waals surface area contributed by atoms with Gasteiger partial charge in [-0.15, -0.1) is 5.10 Å². The Morgan fingerprint density at radius 3 is 2.95 bits per heavy atom. The summed E-state index contributed by atoms with van der Waals surface area (Å²) in [6.45, 7) is 2.54. The molecule has 1 aliphatic rings. The zero-order valence-electron chi connectivity index (χ0n) is 10.9. The SMILES string of the molecule is CCCOc1nc(N)nc(Sc2nnnn2C2CC2)n1. The van der Waals surface area contributed by atoms with E-state index in [1.54, 1.807) is 4.68 Å². The van der Waals surface area contributed by atoms with Gasteiger partial charge < -0.3 is 10.5 Å². The van der Waals surface area contributed by atoms with E-state index in [-0.39, 0.29) is 12.0 Å². The van der Waals surface area contributed by atoms with Gasteiger partial charge in [0.2, 0.25) is 16.3 Å². The minimum absolute atomic E-state index is 0.124. The van der Waals surface area contributed by atoms with Crippen LogP contribution in [0.1, 0.15) is 32.2 Å². The van der Waals surface area contributed by atoms with Gasteiger partial charge in [0, 0.05) is 0 Å². The Balaban J connectivity index is 1.79. The highest BCUT2D eigenvalue weighted by atomic mass is 32.2. The number of nitrogens with zero attached hydrogens (tertiary/aromatic N) is 7. The maximum Gasteiger partial charge on any atom is 0.322 e. The number of nitrogens with two attached hydrogens (primary N) is 1. The molecule has 9 nitrogen and oxygen atoms in total. The molecule has 20 heavy (non-hydrogen) atoms. The van der Waals surface area contributed by atoms with Crippen LogP contribution in [0.5, 0.6) is 6.01 Å². The van der Waals surface area contributed by atoms with Crippen LogP contribution in [0.2, 0.25) is 0 Å². The summed E-state index contributed by atoms with van der Waals surface area (Å²) in [6.07, 6.45) is 3.07. The van der Waals surface area contributed by atoms with Gasteiger partial charge in [0.25, 0.3) is 0 Å². The van der Waals surface area contributed by atoms with Crippen molar-refractivity contribution in [3.63, 3.8) is 0 Å². The number of ether oxygens (including phenoxy) is 1. The molecule has 2 aromatic rings. The molecule has 0 saturated heterocycles. The van der Waals surface area contributed by atoms with Crippen LogP contribution in [0, 0.1) is 0 Å². The Morgan fingerprint density at radius 2 is 2.20 bits per heavy atom. The maximum atomic E-state index is 5.66. The van der Waals surface area contributed by atoms with Crippen molar-refractivity contribution in [2.24, 2.45) is 0 Å². The van der Waals surface area contributed by atoms with Gasteiger partial charge in [0.05, 0.1) is 12.6 Å². The van der Waals surface area contributed by atoms with Crippen molar-refractivity contribution in [3.05, 3.63) is 0 Å². The first kappa shape index (κ1) is 13.0. The van der Waals surface area contributed by atoms with Gasteiger partial charge in [-0.25, -0.2) is 4.68 Å². The van der Waals surface area contributed by atoms with Crippen molar-refractivity contribution in [2.75, 3.05) is 12.3 Å². The summed E-state index contributed by atoms with van der Waals surface area (Å²) < 4.78 is 7.16. The summed E-state index contributed by atoms with van der Waals surface area (Å²) in [4.78, 5) is 12.2. The Kier molecular flexibility index (Phi) is 3.63. The van der Waals surface area contributed by atoms with Crippen LogP contribution in [0.15, 0.2) is 10.3 Å². The molecule has 106 valence electrons. The molecule has 1 saturated carbocycles. The van der Waals surface area contributed by atoms with E-state index in [9.17, 15) is 0 Å². The predicted octanol–water partition coefficient (Wildman–Crippen LogP) is 0.715. The fourth-order valence-electron chi connectivity index (χ4n) is 1.54. The monoisotopic (exact) mass is 294 g/mol. The minimum Gasteiger partial charge on any atom is -0.463 e. The van der Waals surface area contributed by atoms with E-state index in [4.69, 9.17) is 10.5 Å². The number of hydrogen-bond donors (Lipinski definition) is 1. The van der Waals surface area contributed by atoms with E-state index in [1.807, 2.05) is 6.92 Å². The summed E-state index contributed by atoms with van der Waals surface area (Å²) in [6, 6.07) is 0.620. The van der Waals surface area contributed by atoms with Crippen molar-refractivity contribution in [1.82, 2.24) is 35.2 Å². The molecular formula is C10H14N8OS. The molecule has 1 aliphatic carbocycles. The third-order valence-electron chi connectivity index (χ3n) is 2.58. The standard InChI is InChI=1S/C10H14N8OS/c1-2-5-19-8-12-7(11)13-9(14-8)20-10-15-16-17-18(10)6-3-4-6/h6H,2-5H2,1H3,(H2,11,12,13,14). The molecule has 0 atom stereocenters. The van der Waals surface area contributed by atoms with Crippen molar-refractivity contribution < 1.29 is 4.74 Å². The Morgan fingerprint density at radius 1 is 1.35 bits per heavy atom. The second kappa shape index (κ2) is 5.57. The first-order valence-corrected chi connectivity index (χ1v) is 7.18. The van der Waals surface area contributed by atoms with E-state index in [1.165, 1.54) is 11.8 Å². The van der Waals surface area contributed by atoms with Crippen LogP contribution in [-0.4, -0.2) is 41.8 Å². The van der Waals surface area contributed by atoms with Crippen LogP contribution in [0.4, 0.5) is 5.95 Å². The van der Waals surface area contributed by atoms with E-state index < -0.39 is 0 Å². The van der Waals surface area contributed by atoms with E-state index in [2.05, 4.69) is 30.5 Å². The largest absolute Gasteiger partial charge is 0.463 e. The molecule has 0 amide bonds. The lowest BCUT2D eigenvalue weighted by Crippen LogP contribution is -2.06. The van der Waals surface area contributed by atoms with Gasteiger partial charge in [0.1, 0.15) is 0 Å². The molecule has 2 N–H and O–H groups in total. The number of anilines is 1. The van der Waals surface area contributed by atoms with Crippen LogP contribution in [-0.2, 0) is 0 Å². The Labute approximate surface area is 119 Å². The molecule has 3 rings (SSSR count). The molecule has 2 heterocycles. The molecule has 10 heteroatoms. The predicted molar refractivity (Wildman–Crippen MR) is 70.2 cm³/mol. The van der Waals surface area contributed by atoms with Crippen molar-refractivity contribution in [2.45, 2.75) is 42.5 Å². The van der Waals surface area contributed by atoms with Crippen LogP contribution < -0.4 is 10.5 Å². The molecule has 1 fully saturated rings. The third-order valence-corrected chi connectivity index (χ3v) is 3.40. The average molecular weight is 294 g/mol. The highest BCUT2D eigenvalue weighted by molar-refractivity contribution is 7.99. The first-order chi connectivity index (χ1) is 9.76. The van der Waals surface area contributed by atoms with Crippen molar-refractivity contribution in [3.8, 4) is 6.01 Å². The lowest BCUT2D eigenvalue weighted by atomic mass is 10.5. The summed E-state index contributed by atoms with van der Waals surface area (Å²) in [5, 5.41) is 12.7. The lowest BCUT2D eigenvalue weighted by Gasteiger charge is -2.05. The quantitative estimate of drug-likeness (QED) is 0.821. The number of rotatable bonds is 6. The fraction of sp³-hybridized carbons (Fsp3) is 0.600. The number of aromatic nitrogens is 7. The van der Waals surface area contributed by atoms with E-state index >= 15 is 0 Å². The number of hydrogen-bond acceptors (Lipinski definition) is 9. The zero-order chi connectivity index (χ0) is 13.9. The zero-order valence-corrected chi connectivity index (χ0v) is 11.7. The van der Waals surface area contributed by atoms with Gasteiger partial charge in [-0.05, 0) is 41.5 Å². The van der Waals surface area contributed by atoms with E-state index in [0.717, 1.165) is 19.3 Å². The van der Waals surface area contributed by atoms with Crippen LogP contribution in [0.25, 0.3) is 0 Å². The topological polar surface area (TPSA) is 118 Å². The second-order valence-corrected chi connectivity index (χ2v) is 5.28. The highest BCUT2D eigenvalue weighted by Crippen LogP contribution is 2.37. The number of nitrogen functional groups attached to an aromatic ring is 1. The molecule has 0 radical (unpaired) electrons. The lowest BCUT2D eigenvalue weighted by molar-refractivity contribution is 0.288. The van der Waals surface area contributed by atoms with Crippen molar-refractivity contribution >= 4 is 17.7 Å². The normalized spacial score (nSPS) is 14.4. The van der Waals surface area contributed by atoms with Gasteiger partial charge in [-0.3, -0.25) is 0 Å². The van der Waals surface area contributed by atoms with Crippen LogP contribution >= 0.6 is 11.8 Å². The third kappa shape index (κ3) is 2.95. The minimum atomic E-state index is 0.124. The van der Waals surface area contributed by atoms with Gasteiger partial charge in [-0.2, -0.15) is 15.0 Å². The van der Waals surface area contributed by atoms with Crippen LogP contribution in [0.3, 0.4) is 0 Å². The molecule has 0 unspecified atom stereocenters. The average Bonchev–Trinajstić information content (AvgIpc) is 3.17. The summed E-state index contributed by atoms with van der Waals surface area (Å²) in [5.74, 6) is 0.124. The molecule has 2 aromatic heterocycles. The maximum absolute atomic E-state index is 5.66. The summed E-state index contributed by atoms with van der Waals surface area (Å²) >= 11 is 1.26. The fourth-order valence-corrected chi connectivity index (χ4v) is 2.32. The summed E-state index contributed by atoms with van der Waals surface area (Å²) in [5.41, 5.74) is 5.66. The molecule has 0 aromatic carbocycles. The van der Waals surface area contributed by atoms with Gasteiger partial charge in [-0.1, -0.05) is 6.92 Å². The Bertz CT molecular complexity index is 599. The molecule has 0 aliphatic heterocycles. The molecule has 0 spiro atoms. The molecular weight excluding hydrogens is 280 g/mol. The molecule has 0 bridgehead atoms. The second-order valence-electron chi connectivity index (χ2n) is 4.35. The highest BCUT2D eigenvalue weighted by Gasteiger charge is 2.28. The van der Waals surface area contributed by atoms with E-state index in [0.29, 0.717) is 23.0 Å². The first-order valence-electron chi connectivity index (χ1n) is 6.36. The van der Waals surface area contributed by atoms with Crippen molar-refractivity contribution in [1.29, 1.82) is 0 Å². The summed E-state index contributed by atoms with van der Waals surface area (Å²) in [7, 11) is 0. The van der Waals surface area contributed by atoms with Gasteiger partial charge >= 0.3 is 6.01 Å². The Hall–Kier alpha value is -1.97. The number of tetrazole rings is 1.